The molecule has 0 aliphatic heterocycles. The van der Waals surface area contributed by atoms with Crippen molar-refractivity contribution in [3.05, 3.63) is 46.7 Å². The summed E-state index contributed by atoms with van der Waals surface area (Å²) in [5.74, 6) is 0.481. The quantitative estimate of drug-likeness (QED) is 0.857. The zero-order valence-corrected chi connectivity index (χ0v) is 11.6. The van der Waals surface area contributed by atoms with Gasteiger partial charge in [0, 0.05) is 23.3 Å². The van der Waals surface area contributed by atoms with Gasteiger partial charge in [0.25, 0.3) is 0 Å². The lowest BCUT2D eigenvalue weighted by atomic mass is 10.2. The van der Waals surface area contributed by atoms with Crippen molar-refractivity contribution in [1.82, 2.24) is 9.78 Å². The first kappa shape index (κ1) is 13.4. The predicted octanol–water partition coefficient (Wildman–Crippen LogP) is 3.57. The number of ether oxygens (including phenoxy) is 1. The molecule has 2 rings (SSSR count). The van der Waals surface area contributed by atoms with Crippen LogP contribution in [0.2, 0.25) is 5.02 Å². The van der Waals surface area contributed by atoms with E-state index in [1.54, 1.807) is 18.2 Å². The number of halogens is 1. The summed E-state index contributed by atoms with van der Waals surface area (Å²) in [6.07, 6.45) is 1.91. The highest BCUT2D eigenvalue weighted by Crippen LogP contribution is 2.23. The first-order valence-electron chi connectivity index (χ1n) is 5.96. The molecule has 0 radical (unpaired) electrons. The normalized spacial score (nSPS) is 10.5. The van der Waals surface area contributed by atoms with E-state index in [1.165, 1.54) is 0 Å². The van der Waals surface area contributed by atoms with Gasteiger partial charge in [0.15, 0.2) is 0 Å². The van der Waals surface area contributed by atoms with E-state index in [0.717, 1.165) is 5.69 Å². The average Bonchev–Trinajstić information content (AvgIpc) is 2.85. The molecule has 1 aromatic carbocycles. The predicted molar refractivity (Wildman–Crippen MR) is 73.1 cm³/mol. The zero-order chi connectivity index (χ0) is 13.8. The van der Waals surface area contributed by atoms with Crippen molar-refractivity contribution in [1.29, 1.82) is 5.26 Å². The largest absolute Gasteiger partial charge is 0.486 e. The van der Waals surface area contributed by atoms with E-state index >= 15 is 0 Å². The van der Waals surface area contributed by atoms with Gasteiger partial charge in [-0.15, -0.1) is 0 Å². The molecule has 98 valence electrons. The Hall–Kier alpha value is -1.99. The molecule has 0 bridgehead atoms. The lowest BCUT2D eigenvalue weighted by Gasteiger charge is -2.07. The maximum atomic E-state index is 8.99. The molecule has 0 aliphatic rings. The van der Waals surface area contributed by atoms with Crippen LogP contribution < -0.4 is 4.74 Å². The van der Waals surface area contributed by atoms with E-state index in [0.29, 0.717) is 29.0 Å². The standard InChI is InChI=1S/C14H14ClN3O/c1-10(2)18-6-5-13(17-18)9-19-14-7-12(15)4-3-11(14)8-16/h3-7,10H,9H2,1-2H3. The third-order valence-corrected chi connectivity index (χ3v) is 2.87. The second kappa shape index (κ2) is 5.77. The molecule has 2 aromatic rings. The van der Waals surface area contributed by atoms with E-state index in [-0.39, 0.29) is 0 Å². The summed E-state index contributed by atoms with van der Waals surface area (Å²) in [5, 5.41) is 13.9. The first-order valence-corrected chi connectivity index (χ1v) is 6.34. The van der Waals surface area contributed by atoms with E-state index in [4.69, 9.17) is 21.6 Å². The van der Waals surface area contributed by atoms with Crippen molar-refractivity contribution < 1.29 is 4.74 Å². The van der Waals surface area contributed by atoms with Gasteiger partial charge in [0.2, 0.25) is 0 Å². The van der Waals surface area contributed by atoms with Gasteiger partial charge in [-0.2, -0.15) is 10.4 Å². The van der Waals surface area contributed by atoms with E-state index in [9.17, 15) is 0 Å². The summed E-state index contributed by atoms with van der Waals surface area (Å²) < 4.78 is 7.47. The lowest BCUT2D eigenvalue weighted by Crippen LogP contribution is -2.03. The Kier molecular flexibility index (Phi) is 4.08. The van der Waals surface area contributed by atoms with Gasteiger partial charge < -0.3 is 4.74 Å². The number of aromatic nitrogens is 2. The number of benzene rings is 1. The highest BCUT2D eigenvalue weighted by molar-refractivity contribution is 6.30. The van der Waals surface area contributed by atoms with Crippen LogP contribution >= 0.6 is 11.6 Å². The molecule has 0 amide bonds. The average molecular weight is 276 g/mol. The zero-order valence-electron chi connectivity index (χ0n) is 10.8. The molecule has 0 saturated heterocycles. The molecule has 0 atom stereocenters. The van der Waals surface area contributed by atoms with E-state index in [2.05, 4.69) is 25.0 Å². The molecule has 0 spiro atoms. The van der Waals surface area contributed by atoms with Crippen molar-refractivity contribution in [3.63, 3.8) is 0 Å². The van der Waals surface area contributed by atoms with Gasteiger partial charge in [-0.1, -0.05) is 11.6 Å². The Bertz CT molecular complexity index is 613. The summed E-state index contributed by atoms with van der Waals surface area (Å²) in [4.78, 5) is 0. The van der Waals surface area contributed by atoms with Crippen LogP contribution in [0.15, 0.2) is 30.5 Å². The Balaban J connectivity index is 2.10. The van der Waals surface area contributed by atoms with Crippen molar-refractivity contribution >= 4 is 11.6 Å². The minimum Gasteiger partial charge on any atom is -0.486 e. The third kappa shape index (κ3) is 3.27. The van der Waals surface area contributed by atoms with Crippen LogP contribution in [-0.2, 0) is 6.61 Å². The van der Waals surface area contributed by atoms with Crippen LogP contribution in [-0.4, -0.2) is 9.78 Å². The van der Waals surface area contributed by atoms with Crippen molar-refractivity contribution in [3.8, 4) is 11.8 Å². The van der Waals surface area contributed by atoms with Crippen LogP contribution in [0.5, 0.6) is 5.75 Å². The first-order chi connectivity index (χ1) is 9.10. The highest BCUT2D eigenvalue weighted by atomic mass is 35.5. The second-order valence-corrected chi connectivity index (χ2v) is 4.86. The molecule has 0 aliphatic carbocycles. The Morgan fingerprint density at radius 1 is 1.42 bits per heavy atom. The second-order valence-electron chi connectivity index (χ2n) is 4.42. The fourth-order valence-corrected chi connectivity index (χ4v) is 1.76. The van der Waals surface area contributed by atoms with E-state index < -0.39 is 0 Å². The topological polar surface area (TPSA) is 50.8 Å². The summed E-state index contributed by atoms with van der Waals surface area (Å²) in [6, 6.07) is 9.24. The molecule has 0 N–H and O–H groups in total. The number of hydrogen-bond acceptors (Lipinski definition) is 3. The van der Waals surface area contributed by atoms with Crippen molar-refractivity contribution in [2.45, 2.75) is 26.5 Å². The number of nitrogens with zero attached hydrogens (tertiary/aromatic N) is 3. The molecule has 0 fully saturated rings. The number of nitriles is 1. The van der Waals surface area contributed by atoms with Crippen molar-refractivity contribution in [2.24, 2.45) is 0 Å². The summed E-state index contributed by atoms with van der Waals surface area (Å²) in [5.41, 5.74) is 1.28. The van der Waals surface area contributed by atoms with Gasteiger partial charge in [0.1, 0.15) is 18.4 Å². The fraction of sp³-hybridized carbons (Fsp3) is 0.286. The van der Waals surface area contributed by atoms with Crippen LogP contribution in [0.25, 0.3) is 0 Å². The van der Waals surface area contributed by atoms with Crippen LogP contribution in [0, 0.1) is 11.3 Å². The molecule has 5 heteroatoms. The molecule has 19 heavy (non-hydrogen) atoms. The molecule has 4 nitrogen and oxygen atoms in total. The smallest absolute Gasteiger partial charge is 0.139 e. The van der Waals surface area contributed by atoms with Gasteiger partial charge >= 0.3 is 0 Å². The summed E-state index contributed by atoms with van der Waals surface area (Å²) in [7, 11) is 0. The summed E-state index contributed by atoms with van der Waals surface area (Å²) >= 11 is 5.89. The fourth-order valence-electron chi connectivity index (χ4n) is 1.60. The molecule has 1 heterocycles. The number of rotatable bonds is 4. The molecule has 0 saturated carbocycles. The highest BCUT2D eigenvalue weighted by Gasteiger charge is 2.07. The lowest BCUT2D eigenvalue weighted by molar-refractivity contribution is 0.298. The number of hydrogen-bond donors (Lipinski definition) is 0. The van der Waals surface area contributed by atoms with Gasteiger partial charge in [-0.25, -0.2) is 0 Å². The van der Waals surface area contributed by atoms with Crippen LogP contribution in [0.4, 0.5) is 0 Å². The van der Waals surface area contributed by atoms with E-state index in [1.807, 2.05) is 16.9 Å². The Labute approximate surface area is 117 Å². The van der Waals surface area contributed by atoms with Gasteiger partial charge in [0.05, 0.1) is 11.3 Å². The Morgan fingerprint density at radius 3 is 2.84 bits per heavy atom. The SMILES string of the molecule is CC(C)n1ccc(COc2cc(Cl)ccc2C#N)n1. The maximum absolute atomic E-state index is 8.99. The molecule has 1 aromatic heterocycles. The maximum Gasteiger partial charge on any atom is 0.139 e. The minimum atomic E-state index is 0.314. The van der Waals surface area contributed by atoms with Gasteiger partial charge in [-0.05, 0) is 32.0 Å². The van der Waals surface area contributed by atoms with Crippen LogP contribution in [0.3, 0.4) is 0 Å². The van der Waals surface area contributed by atoms with Gasteiger partial charge in [-0.3, -0.25) is 4.68 Å². The minimum absolute atomic E-state index is 0.314. The molecule has 0 unspecified atom stereocenters. The molecular formula is C14H14ClN3O. The monoisotopic (exact) mass is 275 g/mol. The van der Waals surface area contributed by atoms with Crippen molar-refractivity contribution in [2.75, 3.05) is 0 Å². The summed E-state index contributed by atoms with van der Waals surface area (Å²) in [6.45, 7) is 4.43. The Morgan fingerprint density at radius 2 is 2.21 bits per heavy atom. The van der Waals surface area contributed by atoms with Crippen LogP contribution in [0.1, 0.15) is 31.1 Å². The molecular weight excluding hydrogens is 262 g/mol. The third-order valence-electron chi connectivity index (χ3n) is 2.63.